The van der Waals surface area contributed by atoms with Gasteiger partial charge in [-0.3, -0.25) is 0 Å². The van der Waals surface area contributed by atoms with E-state index in [0.29, 0.717) is 0 Å². The normalized spacial score (nSPS) is 13.8. The minimum atomic E-state index is 1.20. The Kier molecular flexibility index (Phi) is 1.79. The summed E-state index contributed by atoms with van der Waals surface area (Å²) in [6.07, 6.45) is 2.42. The Hall–Kier alpha value is -1.12. The second-order valence-corrected chi connectivity index (χ2v) is 6.15. The molecule has 0 aliphatic heterocycles. The average molecular weight is 242 g/mol. The van der Waals surface area contributed by atoms with Crippen LogP contribution in [0, 0.1) is 0 Å². The van der Waals surface area contributed by atoms with Crippen LogP contribution in [0.2, 0.25) is 0 Å². The average Bonchev–Trinajstić information content (AvgIpc) is 2.88. The molecule has 4 rings (SSSR count). The lowest BCUT2D eigenvalue weighted by Gasteiger charge is -2.15. The molecule has 1 aliphatic carbocycles. The molecule has 0 unspecified atom stereocenters. The lowest BCUT2D eigenvalue weighted by Crippen LogP contribution is -2.00. The zero-order valence-corrected chi connectivity index (χ0v) is 10.3. The van der Waals surface area contributed by atoms with Crippen LogP contribution in [-0.4, -0.2) is 0 Å². The first-order chi connectivity index (χ1) is 7.93. The minimum absolute atomic E-state index is 1.20. The smallest absolute Gasteiger partial charge is 0.0489 e. The maximum Gasteiger partial charge on any atom is 0.0489 e. The Balaban J connectivity index is 2.10. The van der Waals surface area contributed by atoms with Crippen molar-refractivity contribution in [3.05, 3.63) is 46.8 Å². The van der Waals surface area contributed by atoms with E-state index >= 15 is 0 Å². The molecule has 1 aliphatic rings. The van der Waals surface area contributed by atoms with Crippen LogP contribution < -0.4 is 0 Å². The molecule has 16 heavy (non-hydrogen) atoms. The standard InChI is InChI=1S/C14H10S2/c1-2-4-10-9(3-1)5-6-11-13(10)16-12-7-8-15-14(11)12/h1-4,7-8H,5-6H2. The highest BCUT2D eigenvalue weighted by atomic mass is 32.1. The van der Waals surface area contributed by atoms with Gasteiger partial charge < -0.3 is 0 Å². The quantitative estimate of drug-likeness (QED) is 0.534. The largest absolute Gasteiger partial charge is 0.143 e. The van der Waals surface area contributed by atoms with E-state index in [-0.39, 0.29) is 0 Å². The summed E-state index contributed by atoms with van der Waals surface area (Å²) in [7, 11) is 0. The van der Waals surface area contributed by atoms with Gasteiger partial charge in [0.25, 0.3) is 0 Å². The first-order valence-corrected chi connectivity index (χ1v) is 7.20. The van der Waals surface area contributed by atoms with Crippen molar-refractivity contribution in [1.29, 1.82) is 0 Å². The maximum absolute atomic E-state index is 2.27. The van der Waals surface area contributed by atoms with Crippen LogP contribution in [0.15, 0.2) is 35.7 Å². The molecule has 0 fully saturated rings. The molecule has 3 aromatic rings. The summed E-state index contributed by atoms with van der Waals surface area (Å²) < 4.78 is 2.99. The van der Waals surface area contributed by atoms with Gasteiger partial charge in [0.2, 0.25) is 0 Å². The molecule has 0 nitrogen and oxygen atoms in total. The molecule has 0 N–H and O–H groups in total. The Labute approximate surface area is 102 Å². The molecule has 0 spiro atoms. The first kappa shape index (κ1) is 8.97. The van der Waals surface area contributed by atoms with Crippen LogP contribution in [0.1, 0.15) is 11.1 Å². The summed E-state index contributed by atoms with van der Waals surface area (Å²) in [6, 6.07) is 11.1. The van der Waals surface area contributed by atoms with Crippen LogP contribution in [-0.2, 0) is 12.8 Å². The van der Waals surface area contributed by atoms with E-state index in [1.165, 1.54) is 38.2 Å². The van der Waals surface area contributed by atoms with Gasteiger partial charge in [-0.25, -0.2) is 0 Å². The van der Waals surface area contributed by atoms with Gasteiger partial charge in [0.15, 0.2) is 0 Å². The zero-order valence-electron chi connectivity index (χ0n) is 8.69. The molecular weight excluding hydrogens is 232 g/mol. The van der Waals surface area contributed by atoms with Crippen molar-refractivity contribution in [3.8, 4) is 10.4 Å². The van der Waals surface area contributed by atoms with E-state index in [9.17, 15) is 0 Å². The number of rotatable bonds is 0. The zero-order chi connectivity index (χ0) is 10.5. The molecule has 0 radical (unpaired) electrons. The van der Waals surface area contributed by atoms with Gasteiger partial charge in [-0.1, -0.05) is 24.3 Å². The van der Waals surface area contributed by atoms with Crippen molar-refractivity contribution in [2.75, 3.05) is 0 Å². The Bertz CT molecular complexity index is 673. The van der Waals surface area contributed by atoms with Crippen molar-refractivity contribution in [3.63, 3.8) is 0 Å². The Morgan fingerprint density at radius 3 is 2.94 bits per heavy atom. The topological polar surface area (TPSA) is 0 Å². The second kappa shape index (κ2) is 3.19. The van der Waals surface area contributed by atoms with Gasteiger partial charge >= 0.3 is 0 Å². The van der Waals surface area contributed by atoms with Crippen molar-refractivity contribution in [2.24, 2.45) is 0 Å². The fraction of sp³-hybridized carbons (Fsp3) is 0.143. The molecule has 2 heteroatoms. The lowest BCUT2D eigenvalue weighted by atomic mass is 9.92. The molecular formula is C14H10S2. The number of fused-ring (bicyclic) bond motifs is 5. The van der Waals surface area contributed by atoms with Crippen LogP contribution in [0.25, 0.3) is 19.8 Å². The molecule has 0 bridgehead atoms. The van der Waals surface area contributed by atoms with E-state index in [2.05, 4.69) is 35.7 Å². The van der Waals surface area contributed by atoms with E-state index in [4.69, 9.17) is 0 Å². The van der Waals surface area contributed by atoms with Crippen LogP contribution in [0.3, 0.4) is 0 Å². The SMILES string of the molecule is c1ccc2c(c1)CCc1c-2sc2ccsc12. The summed E-state index contributed by atoms with van der Waals surface area (Å²) in [6.45, 7) is 0. The molecule has 0 saturated heterocycles. The summed E-state index contributed by atoms with van der Waals surface area (Å²) in [4.78, 5) is 1.52. The second-order valence-electron chi connectivity index (χ2n) is 4.18. The highest BCUT2D eigenvalue weighted by Crippen LogP contribution is 2.45. The van der Waals surface area contributed by atoms with E-state index in [0.717, 1.165) is 0 Å². The van der Waals surface area contributed by atoms with E-state index in [1.807, 2.05) is 22.7 Å². The Morgan fingerprint density at radius 2 is 1.94 bits per heavy atom. The van der Waals surface area contributed by atoms with Crippen molar-refractivity contribution in [1.82, 2.24) is 0 Å². The third-order valence-corrected chi connectivity index (χ3v) is 5.63. The number of hydrogen-bond donors (Lipinski definition) is 0. The van der Waals surface area contributed by atoms with Gasteiger partial charge in [0.1, 0.15) is 0 Å². The lowest BCUT2D eigenvalue weighted by molar-refractivity contribution is 0.959. The highest BCUT2D eigenvalue weighted by molar-refractivity contribution is 7.29. The summed E-state index contributed by atoms with van der Waals surface area (Å²) in [5.41, 5.74) is 4.58. The summed E-state index contributed by atoms with van der Waals surface area (Å²) in [5, 5.41) is 2.21. The molecule has 0 amide bonds. The summed E-state index contributed by atoms with van der Waals surface area (Å²) in [5.74, 6) is 0. The van der Waals surface area contributed by atoms with Crippen molar-refractivity contribution in [2.45, 2.75) is 12.8 Å². The first-order valence-electron chi connectivity index (χ1n) is 5.50. The van der Waals surface area contributed by atoms with Crippen LogP contribution >= 0.6 is 22.7 Å². The molecule has 0 saturated carbocycles. The fourth-order valence-electron chi connectivity index (χ4n) is 2.54. The maximum atomic E-state index is 2.27. The van der Waals surface area contributed by atoms with Crippen molar-refractivity contribution >= 4 is 32.1 Å². The third kappa shape index (κ3) is 1.09. The van der Waals surface area contributed by atoms with Crippen LogP contribution in [0.5, 0.6) is 0 Å². The van der Waals surface area contributed by atoms with Gasteiger partial charge in [0.05, 0.1) is 0 Å². The van der Waals surface area contributed by atoms with Gasteiger partial charge in [-0.05, 0) is 41.0 Å². The van der Waals surface area contributed by atoms with E-state index in [1.54, 1.807) is 5.56 Å². The highest BCUT2D eigenvalue weighted by Gasteiger charge is 2.20. The van der Waals surface area contributed by atoms with Gasteiger partial charge in [0, 0.05) is 14.3 Å². The Morgan fingerprint density at radius 1 is 1.00 bits per heavy atom. The predicted molar refractivity (Wildman–Crippen MR) is 72.5 cm³/mol. The predicted octanol–water partition coefficient (Wildman–Crippen LogP) is 4.73. The van der Waals surface area contributed by atoms with Crippen molar-refractivity contribution < 1.29 is 0 Å². The number of benzene rings is 1. The van der Waals surface area contributed by atoms with E-state index < -0.39 is 0 Å². The molecule has 0 atom stereocenters. The molecule has 2 heterocycles. The van der Waals surface area contributed by atoms with Crippen LogP contribution in [0.4, 0.5) is 0 Å². The fourth-order valence-corrected chi connectivity index (χ4v) is 5.04. The molecule has 78 valence electrons. The molecule has 1 aromatic carbocycles. The number of hydrogen-bond acceptors (Lipinski definition) is 2. The number of thiophene rings is 2. The molecule has 2 aromatic heterocycles. The monoisotopic (exact) mass is 242 g/mol. The van der Waals surface area contributed by atoms with Gasteiger partial charge in [-0.2, -0.15) is 0 Å². The minimum Gasteiger partial charge on any atom is -0.143 e. The number of aryl methyl sites for hydroxylation is 2. The van der Waals surface area contributed by atoms with Gasteiger partial charge in [-0.15, -0.1) is 22.7 Å². The summed E-state index contributed by atoms with van der Waals surface area (Å²) >= 11 is 3.85. The third-order valence-electron chi connectivity index (χ3n) is 3.30.